The molecule has 1 atom stereocenters. The van der Waals surface area contributed by atoms with Crippen LogP contribution >= 0.6 is 24.0 Å². The van der Waals surface area contributed by atoms with Gasteiger partial charge in [-0.1, -0.05) is 26.0 Å². The number of anilines is 1. The summed E-state index contributed by atoms with van der Waals surface area (Å²) in [6.45, 7) is 7.82. The Balaban J connectivity index is 0.00000364. The number of carbonyl (C=O) groups excluding carboxylic acids is 1. The standard InChI is InChI=1S/C20H28N4O2.HI/c1-4-15(3)19(25)24-17-9-6-8-16(12-17)13-22-20(21-5-2)23-14-18-10-7-11-26-18;/h6-12,15H,4-5,13-14H2,1-3H3,(H,24,25)(H2,21,22,23);1H. The monoisotopic (exact) mass is 484 g/mol. The quantitative estimate of drug-likeness (QED) is 0.299. The van der Waals surface area contributed by atoms with Crippen molar-refractivity contribution in [2.75, 3.05) is 11.9 Å². The van der Waals surface area contributed by atoms with Crippen molar-refractivity contribution in [1.82, 2.24) is 10.6 Å². The lowest BCUT2D eigenvalue weighted by molar-refractivity contribution is -0.119. The van der Waals surface area contributed by atoms with E-state index in [0.717, 1.165) is 35.9 Å². The average Bonchev–Trinajstić information content (AvgIpc) is 3.17. The van der Waals surface area contributed by atoms with Crippen LogP contribution in [0.25, 0.3) is 0 Å². The first-order valence-electron chi connectivity index (χ1n) is 9.06. The number of hydrogen-bond donors (Lipinski definition) is 3. The van der Waals surface area contributed by atoms with Crippen molar-refractivity contribution in [1.29, 1.82) is 0 Å². The zero-order valence-corrected chi connectivity index (χ0v) is 18.4. The Morgan fingerprint density at radius 3 is 2.67 bits per heavy atom. The number of aliphatic imine (C=N–C) groups is 1. The van der Waals surface area contributed by atoms with E-state index in [1.165, 1.54) is 0 Å². The highest BCUT2D eigenvalue weighted by molar-refractivity contribution is 14.0. The van der Waals surface area contributed by atoms with Crippen LogP contribution in [0, 0.1) is 5.92 Å². The highest BCUT2D eigenvalue weighted by Gasteiger charge is 2.10. The van der Waals surface area contributed by atoms with Crippen molar-refractivity contribution >= 4 is 41.5 Å². The molecular weight excluding hydrogens is 455 g/mol. The number of carbonyl (C=O) groups is 1. The third-order valence-electron chi connectivity index (χ3n) is 4.03. The van der Waals surface area contributed by atoms with Crippen molar-refractivity contribution in [2.45, 2.75) is 40.3 Å². The minimum absolute atomic E-state index is 0. The Morgan fingerprint density at radius 1 is 1.19 bits per heavy atom. The van der Waals surface area contributed by atoms with Crippen molar-refractivity contribution in [2.24, 2.45) is 10.9 Å². The molecule has 0 saturated heterocycles. The Morgan fingerprint density at radius 2 is 2.00 bits per heavy atom. The molecule has 0 fully saturated rings. The molecule has 0 aliphatic carbocycles. The first kappa shape index (κ1) is 23.0. The van der Waals surface area contributed by atoms with Crippen LogP contribution < -0.4 is 16.0 Å². The van der Waals surface area contributed by atoms with E-state index in [-0.39, 0.29) is 35.8 Å². The lowest BCUT2D eigenvalue weighted by atomic mass is 10.1. The minimum atomic E-state index is 0. The van der Waals surface area contributed by atoms with Gasteiger partial charge >= 0.3 is 0 Å². The second-order valence-corrected chi connectivity index (χ2v) is 6.13. The zero-order valence-electron chi connectivity index (χ0n) is 16.1. The third-order valence-corrected chi connectivity index (χ3v) is 4.03. The molecule has 0 bridgehead atoms. The molecule has 0 spiro atoms. The van der Waals surface area contributed by atoms with E-state index in [1.807, 2.05) is 57.2 Å². The molecule has 2 rings (SSSR count). The summed E-state index contributed by atoms with van der Waals surface area (Å²) in [7, 11) is 0. The molecule has 0 aliphatic rings. The molecule has 27 heavy (non-hydrogen) atoms. The van der Waals surface area contributed by atoms with Gasteiger partial charge in [0.25, 0.3) is 0 Å². The fourth-order valence-corrected chi connectivity index (χ4v) is 2.29. The SMILES string of the molecule is CCNC(=NCc1cccc(NC(=O)C(C)CC)c1)NCc1ccco1.I. The Hall–Kier alpha value is -2.03. The van der Waals surface area contributed by atoms with Crippen LogP contribution in [0.15, 0.2) is 52.1 Å². The molecule has 0 aliphatic heterocycles. The fourth-order valence-electron chi connectivity index (χ4n) is 2.29. The van der Waals surface area contributed by atoms with Gasteiger partial charge in [-0.3, -0.25) is 4.79 Å². The summed E-state index contributed by atoms with van der Waals surface area (Å²) >= 11 is 0. The molecule has 1 aromatic carbocycles. The predicted octanol–water partition coefficient (Wildman–Crippen LogP) is 4.14. The zero-order chi connectivity index (χ0) is 18.8. The van der Waals surface area contributed by atoms with E-state index >= 15 is 0 Å². The fraction of sp³-hybridized carbons (Fsp3) is 0.400. The van der Waals surface area contributed by atoms with Gasteiger partial charge in [-0.2, -0.15) is 0 Å². The number of hydrogen-bond acceptors (Lipinski definition) is 3. The van der Waals surface area contributed by atoms with Gasteiger partial charge in [0.15, 0.2) is 5.96 Å². The van der Waals surface area contributed by atoms with Crippen molar-refractivity contribution in [3.8, 4) is 0 Å². The molecule has 1 heterocycles. The van der Waals surface area contributed by atoms with Gasteiger partial charge < -0.3 is 20.4 Å². The highest BCUT2D eigenvalue weighted by atomic mass is 127. The largest absolute Gasteiger partial charge is 0.467 e. The molecule has 1 aromatic heterocycles. The summed E-state index contributed by atoms with van der Waals surface area (Å²) in [6, 6.07) is 11.6. The molecular formula is C20H29IN4O2. The number of guanidine groups is 1. The van der Waals surface area contributed by atoms with Crippen molar-refractivity contribution < 1.29 is 9.21 Å². The number of nitrogens with one attached hydrogen (secondary N) is 3. The molecule has 148 valence electrons. The molecule has 0 saturated carbocycles. The van der Waals surface area contributed by atoms with Crippen LogP contribution in [0.5, 0.6) is 0 Å². The van der Waals surface area contributed by atoms with Gasteiger partial charge in [-0.05, 0) is 43.2 Å². The van der Waals surface area contributed by atoms with Crippen LogP contribution in [0.4, 0.5) is 5.69 Å². The predicted molar refractivity (Wildman–Crippen MR) is 120 cm³/mol. The normalized spacial score (nSPS) is 12.0. The van der Waals surface area contributed by atoms with E-state index in [9.17, 15) is 4.79 Å². The summed E-state index contributed by atoms with van der Waals surface area (Å²) in [4.78, 5) is 16.6. The van der Waals surface area contributed by atoms with E-state index in [2.05, 4.69) is 20.9 Å². The summed E-state index contributed by atoms with van der Waals surface area (Å²) in [5.41, 5.74) is 1.83. The maximum absolute atomic E-state index is 12.0. The average molecular weight is 484 g/mol. The van der Waals surface area contributed by atoms with Crippen molar-refractivity contribution in [3.63, 3.8) is 0 Å². The number of amides is 1. The second-order valence-electron chi connectivity index (χ2n) is 6.13. The first-order valence-corrected chi connectivity index (χ1v) is 9.06. The Labute approximate surface area is 178 Å². The van der Waals surface area contributed by atoms with E-state index < -0.39 is 0 Å². The van der Waals surface area contributed by atoms with Crippen LogP contribution in [0.1, 0.15) is 38.5 Å². The van der Waals surface area contributed by atoms with Crippen LogP contribution in [0.3, 0.4) is 0 Å². The molecule has 6 nitrogen and oxygen atoms in total. The number of nitrogens with zero attached hydrogens (tertiary/aromatic N) is 1. The first-order chi connectivity index (χ1) is 12.6. The van der Waals surface area contributed by atoms with E-state index in [4.69, 9.17) is 4.42 Å². The third kappa shape index (κ3) is 8.03. The van der Waals surface area contributed by atoms with Gasteiger partial charge in [0.1, 0.15) is 5.76 Å². The molecule has 7 heteroatoms. The highest BCUT2D eigenvalue weighted by Crippen LogP contribution is 2.14. The van der Waals surface area contributed by atoms with E-state index in [1.54, 1.807) is 6.26 Å². The van der Waals surface area contributed by atoms with Gasteiger partial charge in [-0.15, -0.1) is 24.0 Å². The minimum Gasteiger partial charge on any atom is -0.467 e. The summed E-state index contributed by atoms with van der Waals surface area (Å²) < 4.78 is 5.32. The van der Waals surface area contributed by atoms with Crippen LogP contribution in [-0.4, -0.2) is 18.4 Å². The summed E-state index contributed by atoms with van der Waals surface area (Å²) in [5.74, 6) is 1.62. The molecule has 0 radical (unpaired) electrons. The maximum Gasteiger partial charge on any atom is 0.227 e. The molecule has 1 amide bonds. The molecule has 2 aromatic rings. The summed E-state index contributed by atoms with van der Waals surface area (Å²) in [6.07, 6.45) is 2.48. The number of rotatable bonds is 8. The number of halogens is 1. The van der Waals surface area contributed by atoms with Crippen LogP contribution in [0.2, 0.25) is 0 Å². The second kappa shape index (κ2) is 12.4. The Kier molecular flexibility index (Phi) is 10.5. The van der Waals surface area contributed by atoms with E-state index in [0.29, 0.717) is 13.1 Å². The smallest absolute Gasteiger partial charge is 0.227 e. The molecule has 3 N–H and O–H groups in total. The van der Waals surface area contributed by atoms with Gasteiger partial charge in [0.05, 0.1) is 19.4 Å². The Bertz CT molecular complexity index is 717. The van der Waals surface area contributed by atoms with Crippen molar-refractivity contribution in [3.05, 3.63) is 54.0 Å². The maximum atomic E-state index is 12.0. The van der Waals surface area contributed by atoms with Gasteiger partial charge in [0, 0.05) is 18.2 Å². The lowest BCUT2D eigenvalue weighted by Gasteiger charge is -2.12. The van der Waals surface area contributed by atoms with Gasteiger partial charge in [0.2, 0.25) is 5.91 Å². The number of furan rings is 1. The number of benzene rings is 1. The lowest BCUT2D eigenvalue weighted by Crippen LogP contribution is -2.36. The molecule has 1 unspecified atom stereocenters. The van der Waals surface area contributed by atoms with Gasteiger partial charge in [-0.25, -0.2) is 4.99 Å². The topological polar surface area (TPSA) is 78.7 Å². The van der Waals surface area contributed by atoms with Crippen LogP contribution in [-0.2, 0) is 17.9 Å². The summed E-state index contributed by atoms with van der Waals surface area (Å²) in [5, 5.41) is 9.41.